The van der Waals surface area contributed by atoms with Crippen LogP contribution in [-0.2, 0) is 4.79 Å². The van der Waals surface area contributed by atoms with E-state index in [1.54, 1.807) is 0 Å². The molecule has 1 saturated heterocycles. The molecule has 1 unspecified atom stereocenters. The highest BCUT2D eigenvalue weighted by atomic mass is 16.2. The molecule has 2 aliphatic rings. The van der Waals surface area contributed by atoms with Gasteiger partial charge in [0.1, 0.15) is 0 Å². The fraction of sp³-hybridized carbons (Fsp3) is 0.923. The van der Waals surface area contributed by atoms with Crippen molar-refractivity contribution in [1.29, 1.82) is 0 Å². The summed E-state index contributed by atoms with van der Waals surface area (Å²) in [5.74, 6) is 0.443. The van der Waals surface area contributed by atoms with Crippen LogP contribution in [-0.4, -0.2) is 37.0 Å². The number of hydrogen-bond acceptors (Lipinski definition) is 2. The third-order valence-electron chi connectivity index (χ3n) is 4.38. The van der Waals surface area contributed by atoms with Gasteiger partial charge in [0.05, 0.1) is 0 Å². The lowest BCUT2D eigenvalue weighted by atomic mass is 9.65. The molecule has 1 amide bonds. The SMILES string of the molecule is CCCC1(C(=O)N2CCC(NC)C2)CCC1. The Hall–Kier alpha value is -0.570. The molecule has 0 radical (unpaired) electrons. The first-order chi connectivity index (χ1) is 7.72. The predicted molar refractivity (Wildman–Crippen MR) is 65.2 cm³/mol. The van der Waals surface area contributed by atoms with Gasteiger partial charge in [0.2, 0.25) is 5.91 Å². The molecule has 0 aromatic carbocycles. The summed E-state index contributed by atoms with van der Waals surface area (Å²) in [5, 5.41) is 3.27. The Labute approximate surface area is 98.6 Å². The first kappa shape index (κ1) is 11.9. The summed E-state index contributed by atoms with van der Waals surface area (Å²) in [6.07, 6.45) is 6.84. The van der Waals surface area contributed by atoms with Gasteiger partial charge in [0, 0.05) is 24.5 Å². The Morgan fingerprint density at radius 1 is 1.50 bits per heavy atom. The van der Waals surface area contributed by atoms with Crippen LogP contribution in [0.3, 0.4) is 0 Å². The highest BCUT2D eigenvalue weighted by Gasteiger charge is 2.46. The summed E-state index contributed by atoms with van der Waals surface area (Å²) in [4.78, 5) is 14.6. The maximum absolute atomic E-state index is 12.5. The van der Waals surface area contributed by atoms with Gasteiger partial charge in [-0.15, -0.1) is 0 Å². The third kappa shape index (κ3) is 1.97. The van der Waals surface area contributed by atoms with Crippen LogP contribution in [0.4, 0.5) is 0 Å². The standard InChI is InChI=1S/C13H24N2O/c1-3-6-13(7-4-8-13)12(16)15-9-5-11(10-15)14-2/h11,14H,3-10H2,1-2H3. The molecule has 0 bridgehead atoms. The van der Waals surface area contributed by atoms with Gasteiger partial charge in [0.25, 0.3) is 0 Å². The molecule has 0 spiro atoms. The van der Waals surface area contributed by atoms with Crippen molar-refractivity contribution in [1.82, 2.24) is 10.2 Å². The van der Waals surface area contributed by atoms with Gasteiger partial charge in [-0.05, 0) is 32.7 Å². The Bertz CT molecular complexity index is 261. The van der Waals surface area contributed by atoms with Gasteiger partial charge in [-0.25, -0.2) is 0 Å². The minimum absolute atomic E-state index is 0.0391. The molecular weight excluding hydrogens is 200 g/mol. The van der Waals surface area contributed by atoms with Crippen molar-refractivity contribution in [3.8, 4) is 0 Å². The molecule has 3 nitrogen and oxygen atoms in total. The second-order valence-electron chi connectivity index (χ2n) is 5.41. The lowest BCUT2D eigenvalue weighted by Crippen LogP contribution is -2.47. The number of rotatable bonds is 4. The van der Waals surface area contributed by atoms with Gasteiger partial charge >= 0.3 is 0 Å². The van der Waals surface area contributed by atoms with Gasteiger partial charge in [0.15, 0.2) is 0 Å². The molecule has 1 atom stereocenters. The quantitative estimate of drug-likeness (QED) is 0.789. The van der Waals surface area contributed by atoms with Crippen LogP contribution in [0, 0.1) is 5.41 Å². The molecule has 1 N–H and O–H groups in total. The van der Waals surface area contributed by atoms with E-state index in [1.807, 2.05) is 7.05 Å². The molecule has 3 heteroatoms. The van der Waals surface area contributed by atoms with Crippen molar-refractivity contribution >= 4 is 5.91 Å². The summed E-state index contributed by atoms with van der Waals surface area (Å²) < 4.78 is 0. The van der Waals surface area contributed by atoms with Crippen LogP contribution in [0.25, 0.3) is 0 Å². The first-order valence-electron chi connectivity index (χ1n) is 6.68. The Kier molecular flexibility index (Phi) is 3.53. The molecule has 1 aliphatic carbocycles. The molecule has 92 valence electrons. The average Bonchev–Trinajstić information content (AvgIpc) is 2.71. The Morgan fingerprint density at radius 2 is 2.25 bits per heavy atom. The number of likely N-dealkylation sites (tertiary alicyclic amines) is 1. The number of amides is 1. The van der Waals surface area contributed by atoms with Gasteiger partial charge in [-0.2, -0.15) is 0 Å². The maximum atomic E-state index is 12.5. The zero-order valence-electron chi connectivity index (χ0n) is 10.6. The van der Waals surface area contributed by atoms with Gasteiger partial charge in [-0.3, -0.25) is 4.79 Å². The minimum atomic E-state index is 0.0391. The monoisotopic (exact) mass is 224 g/mol. The maximum Gasteiger partial charge on any atom is 0.228 e. The summed E-state index contributed by atoms with van der Waals surface area (Å²) in [6.45, 7) is 4.06. The summed E-state index contributed by atoms with van der Waals surface area (Å²) in [6, 6.07) is 0.516. The normalized spacial score (nSPS) is 27.9. The van der Waals surface area contributed by atoms with Crippen LogP contribution < -0.4 is 5.32 Å². The van der Waals surface area contributed by atoms with Crippen molar-refractivity contribution in [2.75, 3.05) is 20.1 Å². The zero-order valence-corrected chi connectivity index (χ0v) is 10.6. The molecule has 1 heterocycles. The fourth-order valence-electron chi connectivity index (χ4n) is 3.17. The topological polar surface area (TPSA) is 32.3 Å². The average molecular weight is 224 g/mol. The van der Waals surface area contributed by atoms with E-state index < -0.39 is 0 Å². The number of likely N-dealkylation sites (N-methyl/N-ethyl adjacent to an activating group) is 1. The zero-order chi connectivity index (χ0) is 11.6. The molecule has 0 aromatic rings. The van der Waals surface area contributed by atoms with E-state index in [4.69, 9.17) is 0 Å². The van der Waals surface area contributed by atoms with E-state index in [-0.39, 0.29) is 5.41 Å². The molecule has 0 aromatic heterocycles. The Morgan fingerprint density at radius 3 is 2.69 bits per heavy atom. The number of carbonyl (C=O) groups excluding carboxylic acids is 1. The van der Waals surface area contributed by atoms with Crippen LogP contribution in [0.5, 0.6) is 0 Å². The van der Waals surface area contributed by atoms with Crippen LogP contribution in [0.2, 0.25) is 0 Å². The van der Waals surface area contributed by atoms with Crippen LogP contribution >= 0.6 is 0 Å². The first-order valence-corrected chi connectivity index (χ1v) is 6.68. The predicted octanol–water partition coefficient (Wildman–Crippen LogP) is 1.78. The molecule has 1 aliphatic heterocycles. The second-order valence-corrected chi connectivity index (χ2v) is 5.41. The molecule has 2 fully saturated rings. The molecule has 1 saturated carbocycles. The van der Waals surface area contributed by atoms with E-state index in [2.05, 4.69) is 17.1 Å². The highest BCUT2D eigenvalue weighted by Crippen LogP contribution is 2.46. The van der Waals surface area contributed by atoms with E-state index >= 15 is 0 Å². The van der Waals surface area contributed by atoms with Crippen molar-refractivity contribution in [2.24, 2.45) is 5.41 Å². The van der Waals surface area contributed by atoms with E-state index in [0.717, 1.165) is 45.2 Å². The van der Waals surface area contributed by atoms with Crippen molar-refractivity contribution < 1.29 is 4.79 Å². The molecular formula is C13H24N2O. The van der Waals surface area contributed by atoms with Crippen molar-refractivity contribution in [3.05, 3.63) is 0 Å². The summed E-state index contributed by atoms with van der Waals surface area (Å²) in [7, 11) is 1.99. The van der Waals surface area contributed by atoms with Crippen LogP contribution in [0.15, 0.2) is 0 Å². The second kappa shape index (κ2) is 4.74. The minimum Gasteiger partial charge on any atom is -0.341 e. The lowest BCUT2D eigenvalue weighted by molar-refractivity contribution is -0.147. The van der Waals surface area contributed by atoms with Crippen molar-refractivity contribution in [3.63, 3.8) is 0 Å². The van der Waals surface area contributed by atoms with E-state index in [1.165, 1.54) is 6.42 Å². The lowest BCUT2D eigenvalue weighted by Gasteiger charge is -2.42. The number of nitrogens with one attached hydrogen (secondary N) is 1. The third-order valence-corrected chi connectivity index (χ3v) is 4.38. The number of nitrogens with zero attached hydrogens (tertiary/aromatic N) is 1. The van der Waals surface area contributed by atoms with E-state index in [0.29, 0.717) is 11.9 Å². The Balaban J connectivity index is 1.96. The largest absolute Gasteiger partial charge is 0.341 e. The summed E-state index contributed by atoms with van der Waals surface area (Å²) in [5.41, 5.74) is 0.0391. The fourth-order valence-corrected chi connectivity index (χ4v) is 3.17. The van der Waals surface area contributed by atoms with Gasteiger partial charge < -0.3 is 10.2 Å². The van der Waals surface area contributed by atoms with Gasteiger partial charge in [-0.1, -0.05) is 19.8 Å². The molecule has 2 rings (SSSR count). The number of hydrogen-bond donors (Lipinski definition) is 1. The smallest absolute Gasteiger partial charge is 0.228 e. The van der Waals surface area contributed by atoms with E-state index in [9.17, 15) is 4.79 Å². The number of carbonyl (C=O) groups is 1. The van der Waals surface area contributed by atoms with Crippen LogP contribution in [0.1, 0.15) is 45.4 Å². The molecule has 16 heavy (non-hydrogen) atoms. The highest BCUT2D eigenvalue weighted by molar-refractivity contribution is 5.84. The van der Waals surface area contributed by atoms with Crippen molar-refractivity contribution in [2.45, 2.75) is 51.5 Å². The summed E-state index contributed by atoms with van der Waals surface area (Å²) >= 11 is 0.